The van der Waals surface area contributed by atoms with E-state index in [1.165, 1.54) is 0 Å². The maximum absolute atomic E-state index is 12.6. The molecule has 11 heteroatoms. The predicted molar refractivity (Wildman–Crippen MR) is 127 cm³/mol. The number of nitrogen functional groups attached to an aromatic ring is 1. The van der Waals surface area contributed by atoms with Crippen LogP contribution in [0, 0.1) is 13.8 Å². The normalized spacial score (nSPS) is 14.3. The molecule has 0 atom stereocenters. The number of halogens is 1. The van der Waals surface area contributed by atoms with E-state index in [1.807, 2.05) is 32.9 Å². The number of benzene rings is 1. The van der Waals surface area contributed by atoms with Crippen molar-refractivity contribution in [2.75, 3.05) is 5.73 Å². The number of hydrogen-bond acceptors (Lipinski definition) is 8. The Balaban J connectivity index is 0.00000133. The number of fused-ring (bicyclic) bond motifs is 1. The van der Waals surface area contributed by atoms with Crippen LogP contribution < -0.4 is 15.8 Å². The number of aryl methyl sites for hydroxylation is 2. The van der Waals surface area contributed by atoms with Gasteiger partial charge in [-0.2, -0.15) is 4.98 Å². The van der Waals surface area contributed by atoms with Gasteiger partial charge in [0.1, 0.15) is 5.75 Å². The molecule has 3 N–H and O–H groups in total. The quantitative estimate of drug-likeness (QED) is 0.550. The monoisotopic (exact) mass is 485 g/mol. The Morgan fingerprint density at radius 3 is 2.68 bits per heavy atom. The molecule has 2 aromatic heterocycles. The maximum Gasteiger partial charge on any atom is 0.318 e. The molecule has 10 nitrogen and oxygen atoms in total. The lowest BCUT2D eigenvalue weighted by molar-refractivity contribution is 0.197. The fourth-order valence-electron chi connectivity index (χ4n) is 3.69. The van der Waals surface area contributed by atoms with Crippen molar-refractivity contribution in [2.45, 2.75) is 66.3 Å². The molecule has 2 amide bonds. The minimum absolute atomic E-state index is 0.0855. The van der Waals surface area contributed by atoms with Crippen LogP contribution in [0.1, 0.15) is 55.2 Å². The second kappa shape index (κ2) is 9.84. The van der Waals surface area contributed by atoms with E-state index < -0.39 is 0 Å². The molecule has 2 aliphatic rings. The van der Waals surface area contributed by atoms with E-state index in [-0.39, 0.29) is 24.6 Å². The van der Waals surface area contributed by atoms with Crippen LogP contribution in [-0.2, 0) is 19.7 Å². The summed E-state index contributed by atoms with van der Waals surface area (Å²) in [5.41, 5.74) is 10.0. The van der Waals surface area contributed by atoms with Crippen molar-refractivity contribution in [1.82, 2.24) is 30.3 Å². The number of carbonyl (C=O) groups excluding carboxylic acids is 1. The lowest BCUT2D eigenvalue weighted by Gasteiger charge is -2.16. The van der Waals surface area contributed by atoms with Crippen molar-refractivity contribution in [3.05, 3.63) is 45.7 Å². The molecule has 1 saturated carbocycles. The van der Waals surface area contributed by atoms with Crippen LogP contribution in [-0.4, -0.2) is 37.1 Å². The Bertz CT molecular complexity index is 1210. The highest BCUT2D eigenvalue weighted by Crippen LogP contribution is 2.38. The standard InChI is InChI=1S/C21H22ClN7O3.C2H6/c1-10-5-15(22)17(31-9-18-24-11(2)28-32-18)6-13(10)19-14-7-29(21(30)25-12-3-4-12)8-16(14)26-20(23)27-19;1-2/h5-6,12H,3-4,7-9H2,1-2H3,(H,25,30)(H2,23,26,27);1-2H3. The number of anilines is 1. The molecule has 5 rings (SSSR count). The number of rotatable bonds is 5. The summed E-state index contributed by atoms with van der Waals surface area (Å²) in [4.78, 5) is 27.3. The van der Waals surface area contributed by atoms with Crippen molar-refractivity contribution in [3.8, 4) is 17.0 Å². The summed E-state index contributed by atoms with van der Waals surface area (Å²) >= 11 is 6.42. The Labute approximate surface area is 202 Å². The number of carbonyl (C=O) groups is 1. The zero-order valence-corrected chi connectivity index (χ0v) is 20.4. The SMILES string of the molecule is CC.Cc1noc(COc2cc(-c3nc(N)nc4c3CN(C(=O)NC3CC3)C4)c(C)cc2Cl)n1. The molecule has 0 radical (unpaired) electrons. The Kier molecular flexibility index (Phi) is 6.87. The van der Waals surface area contributed by atoms with Gasteiger partial charge >= 0.3 is 6.03 Å². The van der Waals surface area contributed by atoms with Crippen molar-refractivity contribution >= 4 is 23.6 Å². The first-order valence-electron chi connectivity index (χ1n) is 11.3. The van der Waals surface area contributed by atoms with Crippen molar-refractivity contribution in [1.29, 1.82) is 0 Å². The maximum atomic E-state index is 12.6. The third kappa shape index (κ3) is 5.06. The molecule has 34 heavy (non-hydrogen) atoms. The number of nitrogens with one attached hydrogen (secondary N) is 1. The summed E-state index contributed by atoms with van der Waals surface area (Å²) in [6, 6.07) is 3.81. The van der Waals surface area contributed by atoms with Crippen molar-refractivity contribution in [3.63, 3.8) is 0 Å². The first-order chi connectivity index (χ1) is 16.4. The molecular weight excluding hydrogens is 458 g/mol. The van der Waals surface area contributed by atoms with Crippen LogP contribution in [0.5, 0.6) is 5.75 Å². The van der Waals surface area contributed by atoms with Gasteiger partial charge < -0.3 is 25.2 Å². The van der Waals surface area contributed by atoms with Crippen LogP contribution in [0.2, 0.25) is 5.02 Å². The highest BCUT2D eigenvalue weighted by atomic mass is 35.5. The van der Waals surface area contributed by atoms with Crippen LogP contribution in [0.25, 0.3) is 11.3 Å². The van der Waals surface area contributed by atoms with Crippen molar-refractivity contribution < 1.29 is 14.1 Å². The van der Waals surface area contributed by atoms with E-state index >= 15 is 0 Å². The van der Waals surface area contributed by atoms with Gasteiger partial charge in [-0.05, 0) is 44.4 Å². The average Bonchev–Trinajstić information content (AvgIpc) is 3.35. The lowest BCUT2D eigenvalue weighted by Crippen LogP contribution is -2.37. The van der Waals surface area contributed by atoms with Gasteiger partial charge in [0, 0.05) is 17.2 Å². The first-order valence-corrected chi connectivity index (χ1v) is 11.7. The number of urea groups is 1. The van der Waals surface area contributed by atoms with E-state index in [1.54, 1.807) is 11.8 Å². The molecule has 1 fully saturated rings. The summed E-state index contributed by atoms with van der Waals surface area (Å²) < 4.78 is 10.9. The second-order valence-electron chi connectivity index (χ2n) is 8.06. The van der Waals surface area contributed by atoms with Crippen LogP contribution in [0.3, 0.4) is 0 Å². The Morgan fingerprint density at radius 2 is 2.00 bits per heavy atom. The minimum Gasteiger partial charge on any atom is -0.482 e. The van der Waals surface area contributed by atoms with Gasteiger partial charge in [-0.15, -0.1) is 0 Å². The number of nitrogens with zero attached hydrogens (tertiary/aromatic N) is 5. The molecule has 0 unspecified atom stereocenters. The first kappa shape index (κ1) is 23.7. The number of amides is 2. The summed E-state index contributed by atoms with van der Waals surface area (Å²) in [7, 11) is 0. The van der Waals surface area contributed by atoms with Crippen molar-refractivity contribution in [2.24, 2.45) is 0 Å². The van der Waals surface area contributed by atoms with Gasteiger partial charge in [-0.3, -0.25) is 0 Å². The molecule has 180 valence electrons. The number of hydrogen-bond donors (Lipinski definition) is 2. The second-order valence-corrected chi connectivity index (χ2v) is 8.46. The summed E-state index contributed by atoms with van der Waals surface area (Å²) in [6.45, 7) is 8.55. The number of ether oxygens (including phenoxy) is 1. The third-order valence-corrected chi connectivity index (χ3v) is 5.74. The summed E-state index contributed by atoms with van der Waals surface area (Å²) in [5, 5.41) is 7.22. The molecule has 3 heterocycles. The fraction of sp³-hybridized carbons (Fsp3) is 0.435. The highest BCUT2D eigenvalue weighted by molar-refractivity contribution is 6.32. The van der Waals surface area contributed by atoms with Gasteiger partial charge in [-0.1, -0.05) is 30.6 Å². The van der Waals surface area contributed by atoms with Crippen LogP contribution in [0.15, 0.2) is 16.7 Å². The molecule has 0 spiro atoms. The van der Waals surface area contributed by atoms with Gasteiger partial charge in [0.25, 0.3) is 5.89 Å². The number of nitrogens with two attached hydrogens (primary N) is 1. The molecular formula is C23H28ClN7O3. The average molecular weight is 486 g/mol. The zero-order valence-electron chi connectivity index (χ0n) is 19.7. The Morgan fingerprint density at radius 1 is 1.24 bits per heavy atom. The van der Waals surface area contributed by atoms with E-state index in [0.717, 1.165) is 35.2 Å². The van der Waals surface area contributed by atoms with Gasteiger partial charge in [0.15, 0.2) is 12.4 Å². The van der Waals surface area contributed by atoms with Crippen LogP contribution >= 0.6 is 11.6 Å². The molecule has 1 aromatic carbocycles. The zero-order chi connectivity index (χ0) is 24.4. The lowest BCUT2D eigenvalue weighted by atomic mass is 10.0. The van der Waals surface area contributed by atoms with Gasteiger partial charge in [-0.25, -0.2) is 14.8 Å². The predicted octanol–water partition coefficient (Wildman–Crippen LogP) is 4.17. The summed E-state index contributed by atoms with van der Waals surface area (Å²) in [5.74, 6) is 1.49. The Hall–Kier alpha value is -3.40. The molecule has 1 aliphatic carbocycles. The largest absolute Gasteiger partial charge is 0.482 e. The smallest absolute Gasteiger partial charge is 0.318 e. The summed E-state index contributed by atoms with van der Waals surface area (Å²) in [6.07, 6.45) is 2.06. The van der Waals surface area contributed by atoms with Crippen LogP contribution in [0.4, 0.5) is 10.7 Å². The molecule has 0 saturated heterocycles. The molecule has 3 aromatic rings. The minimum atomic E-state index is -0.0956. The number of aromatic nitrogens is 4. The molecule has 0 bridgehead atoms. The van der Waals surface area contributed by atoms with Gasteiger partial charge in [0.2, 0.25) is 5.95 Å². The van der Waals surface area contributed by atoms with Gasteiger partial charge in [0.05, 0.1) is 29.5 Å². The molecule has 1 aliphatic heterocycles. The van der Waals surface area contributed by atoms with E-state index in [4.69, 9.17) is 26.6 Å². The van der Waals surface area contributed by atoms with E-state index in [9.17, 15) is 4.79 Å². The fourth-order valence-corrected chi connectivity index (χ4v) is 3.96. The van der Waals surface area contributed by atoms with E-state index in [0.29, 0.717) is 41.3 Å². The third-order valence-electron chi connectivity index (χ3n) is 5.45. The van der Waals surface area contributed by atoms with E-state index in [2.05, 4.69) is 25.4 Å². The highest BCUT2D eigenvalue weighted by Gasteiger charge is 2.32. The topological polar surface area (TPSA) is 132 Å².